The first-order chi connectivity index (χ1) is 2.00. The second-order valence-corrected chi connectivity index (χ2v) is 0. The molecule has 0 rings (SSSR count). The molecule has 4 heteroatoms. The van der Waals surface area contributed by atoms with Crippen molar-refractivity contribution in [3.63, 3.8) is 0 Å². The summed E-state index contributed by atoms with van der Waals surface area (Å²) < 4.78 is 16.5. The Bertz CT molecular complexity index is 8.00. The minimum absolute atomic E-state index is 0.0556. The molecule has 0 saturated heterocycles. The fraction of sp³-hybridized carbons (Fsp3) is 0. The van der Waals surface area contributed by atoms with Crippen LogP contribution in [0.1, 0.15) is 0 Å². The molecule has 2 nitrogen and oxygen atoms in total. The van der Waals surface area contributed by atoms with Crippen LogP contribution < -0.4 is 0 Å². The summed E-state index contributed by atoms with van der Waals surface area (Å²) in [6, 6.07) is 0. The van der Waals surface area contributed by atoms with E-state index in [1.54, 1.807) is 15.9 Å². The van der Waals surface area contributed by atoms with E-state index in [1.165, 1.54) is 0 Å². The van der Waals surface area contributed by atoms with Gasteiger partial charge in [-0.25, -0.2) is 0 Å². The van der Waals surface area contributed by atoms with Crippen molar-refractivity contribution in [3.05, 3.63) is 0 Å². The summed E-state index contributed by atoms with van der Waals surface area (Å²) in [4.78, 5) is 0. The zero-order valence-corrected chi connectivity index (χ0v) is 6.76. The van der Waals surface area contributed by atoms with Gasteiger partial charge < -0.3 is 0 Å². The molecule has 0 atom stereocenters. The minimum atomic E-state index is 0.0556. The summed E-state index contributed by atoms with van der Waals surface area (Å²) in [6.07, 6.45) is 0. The van der Waals surface area contributed by atoms with Crippen LogP contribution in [0.5, 0.6) is 0 Å². The van der Waals surface area contributed by atoms with E-state index < -0.39 is 0 Å². The fourth-order valence-electron chi connectivity index (χ4n) is 0. The third kappa shape index (κ3) is 12.0. The van der Waals surface area contributed by atoms with Gasteiger partial charge in [-0.2, -0.15) is 0 Å². The molecule has 0 bridgehead atoms. The van der Waals surface area contributed by atoms with Gasteiger partial charge in [0.1, 0.15) is 0 Å². The molecule has 0 amide bonds. The van der Waals surface area contributed by atoms with E-state index in [-0.39, 0.29) is 24.7 Å². The van der Waals surface area contributed by atoms with Gasteiger partial charge in [0, 0.05) is 0 Å². The Hall–Kier alpha value is 1.00. The summed E-state index contributed by atoms with van der Waals surface area (Å²) >= 11 is 1.74. The van der Waals surface area contributed by atoms with Crippen LogP contribution in [0, 0.1) is 0 Å². The summed E-state index contributed by atoms with van der Waals surface area (Å²) in [5.41, 5.74) is 0. The van der Waals surface area contributed by atoms with Gasteiger partial charge in [-0.1, -0.05) is 0 Å². The third-order valence-corrected chi connectivity index (χ3v) is 0. The maximum atomic E-state index is 8.39. The molecule has 0 aromatic rings. The van der Waals surface area contributed by atoms with Crippen LogP contribution in [-0.2, 0) is 22.6 Å². The molecule has 0 aliphatic rings. The van der Waals surface area contributed by atoms with E-state index in [9.17, 15) is 0 Å². The Balaban J connectivity index is 0. The second-order valence-electron chi connectivity index (χ2n) is 0. The molecule has 0 N–H and O–H groups in total. The molecule has 0 aliphatic heterocycles. The number of hydrogen-bond donors (Lipinski definition) is 0. The van der Waals surface area contributed by atoms with Crippen molar-refractivity contribution in [1.82, 2.24) is 0 Å². The van der Waals surface area contributed by atoms with E-state index in [0.717, 1.165) is 0 Å². The van der Waals surface area contributed by atoms with Crippen LogP contribution in [0.4, 0.5) is 0 Å². The van der Waals surface area contributed by atoms with Crippen molar-refractivity contribution < 1.29 is 22.6 Å². The van der Waals surface area contributed by atoms with Crippen LogP contribution >= 0.6 is 0 Å². The van der Waals surface area contributed by atoms with Crippen molar-refractivity contribution >= 4 is 24.7 Å². The van der Waals surface area contributed by atoms with Crippen molar-refractivity contribution in [1.29, 1.82) is 0 Å². The molecule has 0 aromatic carbocycles. The Morgan fingerprint density at radius 1 is 1.25 bits per heavy atom. The molecule has 0 fully saturated rings. The van der Waals surface area contributed by atoms with Gasteiger partial charge in [0.2, 0.25) is 0 Å². The molecule has 0 spiro atoms. The van der Waals surface area contributed by atoms with Gasteiger partial charge in [0.25, 0.3) is 0 Å². The normalized spacial score (nSPS) is 2.00. The molecule has 25 valence electrons. The SMILES string of the molecule is [O]=[BiH].[O]=[Mn]. The monoisotopic (exact) mass is 297 g/mol. The Labute approximate surface area is 47.3 Å². The molecule has 4 heavy (non-hydrogen) atoms. The second kappa shape index (κ2) is 35.9. The van der Waals surface area contributed by atoms with Gasteiger partial charge >= 0.3 is 47.3 Å². The molecular formula is HBiMnO2. The van der Waals surface area contributed by atoms with Gasteiger partial charge in [0.15, 0.2) is 0 Å². The van der Waals surface area contributed by atoms with Crippen LogP contribution in [0.25, 0.3) is 0 Å². The number of hydrogen-bond acceptors (Lipinski definition) is 2. The molecule has 0 unspecified atom stereocenters. The van der Waals surface area contributed by atoms with E-state index in [4.69, 9.17) is 6.65 Å². The molecule has 0 heterocycles. The standard InChI is InChI=1S/Bi.Mn.2O.H. The van der Waals surface area contributed by atoms with Gasteiger partial charge in [-0.3, -0.25) is 0 Å². The molecular weight excluding hydrogens is 296 g/mol. The first kappa shape index (κ1) is 8.89. The van der Waals surface area contributed by atoms with Crippen LogP contribution in [0.2, 0.25) is 0 Å². The van der Waals surface area contributed by atoms with E-state index >= 15 is 0 Å². The predicted molar refractivity (Wildman–Crippen MR) is 8.52 cm³/mol. The van der Waals surface area contributed by atoms with E-state index in [2.05, 4.69) is 0 Å². The molecule has 0 aromatic heterocycles. The molecule has 0 saturated carbocycles. The van der Waals surface area contributed by atoms with Crippen LogP contribution in [0.15, 0.2) is 0 Å². The topological polar surface area (TPSA) is 34.1 Å². The van der Waals surface area contributed by atoms with Gasteiger partial charge in [-0.05, 0) is 0 Å². The summed E-state index contributed by atoms with van der Waals surface area (Å²) in [7, 11) is 0. The van der Waals surface area contributed by atoms with Gasteiger partial charge in [-0.15, -0.1) is 0 Å². The van der Waals surface area contributed by atoms with Crippen molar-refractivity contribution in [2.75, 3.05) is 0 Å². The Morgan fingerprint density at radius 2 is 1.25 bits per heavy atom. The first-order valence-corrected chi connectivity index (χ1v) is 2.43. The maximum absolute atomic E-state index is 8.39. The average Bonchev–Trinajstić information content (AvgIpc) is 1.50. The van der Waals surface area contributed by atoms with Crippen molar-refractivity contribution in [3.8, 4) is 0 Å². The summed E-state index contributed by atoms with van der Waals surface area (Å²) in [5, 5.41) is 0. The summed E-state index contributed by atoms with van der Waals surface area (Å²) in [6.45, 7) is 0. The van der Waals surface area contributed by atoms with E-state index in [0.29, 0.717) is 0 Å². The molecule has 0 aliphatic carbocycles. The first-order valence-electron chi connectivity index (χ1n) is 0.358. The zero-order chi connectivity index (χ0) is 4.00. The Morgan fingerprint density at radius 3 is 1.25 bits per heavy atom. The number of rotatable bonds is 0. The predicted octanol–water partition coefficient (Wildman–Crippen LogP) is -0.889. The Kier molecular flexibility index (Phi) is 79.8. The van der Waals surface area contributed by atoms with Crippen LogP contribution in [0.3, 0.4) is 0 Å². The zero-order valence-electron chi connectivity index (χ0n) is 1.69. The molecule has 0 radical (unpaired) electrons. The summed E-state index contributed by atoms with van der Waals surface area (Å²) in [5.74, 6) is 0. The van der Waals surface area contributed by atoms with Crippen molar-refractivity contribution in [2.45, 2.75) is 0 Å². The van der Waals surface area contributed by atoms with Gasteiger partial charge in [0.05, 0.1) is 0 Å². The van der Waals surface area contributed by atoms with E-state index in [1.807, 2.05) is 0 Å². The van der Waals surface area contributed by atoms with Crippen LogP contribution in [-0.4, -0.2) is 24.7 Å². The quantitative estimate of drug-likeness (QED) is 0.544. The van der Waals surface area contributed by atoms with Crippen molar-refractivity contribution in [2.24, 2.45) is 0 Å². The average molecular weight is 297 g/mol. The fourth-order valence-corrected chi connectivity index (χ4v) is 0. The third-order valence-electron chi connectivity index (χ3n) is 0.